The molecule has 0 radical (unpaired) electrons. The van der Waals surface area contributed by atoms with E-state index in [1.807, 2.05) is 0 Å². The number of hydrogen-bond donors (Lipinski definition) is 2. The molecule has 5 aromatic carbocycles. The fourth-order valence-corrected chi connectivity index (χ4v) is 7.22. The van der Waals surface area contributed by atoms with Gasteiger partial charge in [0.15, 0.2) is 0 Å². The Morgan fingerprint density at radius 2 is 1.32 bits per heavy atom. The summed E-state index contributed by atoms with van der Waals surface area (Å²) in [5.41, 5.74) is 12.4. The Hall–Kier alpha value is -5.32. The Kier molecular flexibility index (Phi) is 5.81. The van der Waals surface area contributed by atoms with Crippen molar-refractivity contribution >= 4 is 44.5 Å². The molecule has 4 heteroatoms. The molecule has 2 aliphatic rings. The average Bonchev–Trinajstić information content (AvgIpc) is 3.61. The van der Waals surface area contributed by atoms with E-state index in [4.69, 9.17) is 0 Å². The molecule has 1 unspecified atom stereocenters. The Morgan fingerprint density at radius 1 is 0.614 bits per heavy atom. The second-order valence-corrected chi connectivity index (χ2v) is 11.8. The number of aromatic nitrogens is 2. The number of allylic oxidation sites excluding steroid dienone is 1. The van der Waals surface area contributed by atoms with Crippen molar-refractivity contribution < 1.29 is 0 Å². The van der Waals surface area contributed by atoms with Crippen LogP contribution in [0.3, 0.4) is 0 Å². The van der Waals surface area contributed by atoms with Gasteiger partial charge in [0.25, 0.3) is 0 Å². The molecule has 1 atom stereocenters. The van der Waals surface area contributed by atoms with Crippen molar-refractivity contribution in [3.05, 3.63) is 156 Å². The molecule has 0 bridgehead atoms. The lowest BCUT2D eigenvalue weighted by molar-refractivity contribution is 0.509. The average molecular weight is 569 g/mol. The van der Waals surface area contributed by atoms with Crippen LogP contribution in [0.5, 0.6) is 0 Å². The largest absolute Gasteiger partial charge is 0.366 e. The van der Waals surface area contributed by atoms with Crippen molar-refractivity contribution in [2.75, 3.05) is 6.54 Å². The van der Waals surface area contributed by atoms with Crippen molar-refractivity contribution in [3.63, 3.8) is 0 Å². The molecule has 2 aromatic heterocycles. The zero-order chi connectivity index (χ0) is 29.0. The van der Waals surface area contributed by atoms with Crippen molar-refractivity contribution in [3.8, 4) is 11.4 Å². The van der Waals surface area contributed by atoms with E-state index in [0.29, 0.717) is 0 Å². The first-order chi connectivity index (χ1) is 21.8. The Labute approximate surface area is 256 Å². The summed E-state index contributed by atoms with van der Waals surface area (Å²) in [7, 11) is 0. The lowest BCUT2D eigenvalue weighted by atomic mass is 10.0. The number of rotatable bonds is 4. The molecule has 4 nitrogen and oxygen atoms in total. The third-order valence-electron chi connectivity index (χ3n) is 9.27. The van der Waals surface area contributed by atoms with Crippen molar-refractivity contribution in [1.82, 2.24) is 19.8 Å². The van der Waals surface area contributed by atoms with E-state index in [1.165, 1.54) is 66.5 Å². The van der Waals surface area contributed by atoms with Gasteiger partial charge in [-0.2, -0.15) is 0 Å². The summed E-state index contributed by atoms with van der Waals surface area (Å²) in [6, 6.07) is 44.1. The maximum absolute atomic E-state index is 3.69. The van der Waals surface area contributed by atoms with Gasteiger partial charge in [0.05, 0.1) is 16.6 Å². The number of benzene rings is 5. The van der Waals surface area contributed by atoms with Gasteiger partial charge >= 0.3 is 0 Å². The minimum Gasteiger partial charge on any atom is -0.366 e. The third-order valence-corrected chi connectivity index (χ3v) is 9.27. The first-order valence-corrected chi connectivity index (χ1v) is 15.5. The Balaban J connectivity index is 1.13. The predicted octanol–water partition coefficient (Wildman–Crippen LogP) is 8.92. The van der Waals surface area contributed by atoms with E-state index >= 15 is 0 Å². The standard InChI is InChI=1S/C40H32N4/c1-2-10-27(11-3-1)35-24-25-41-40(42-35)28-18-20-29(21-19-28)43-38-17-9-6-14-33(38)34-26-30(22-23-39(34)43)44-36-15-7-4-12-31(36)32-13-5-8-16-37(32)44/h1-4,6-12,14-24,26,40-42H,5,13,25H2. The van der Waals surface area contributed by atoms with E-state index in [1.54, 1.807) is 0 Å². The summed E-state index contributed by atoms with van der Waals surface area (Å²) in [5.74, 6) is 0. The molecule has 0 saturated carbocycles. The van der Waals surface area contributed by atoms with Crippen LogP contribution in [0.4, 0.5) is 0 Å². The van der Waals surface area contributed by atoms with Gasteiger partial charge in [-0.1, -0.05) is 84.9 Å². The van der Waals surface area contributed by atoms with Gasteiger partial charge < -0.3 is 14.5 Å². The van der Waals surface area contributed by atoms with Crippen molar-refractivity contribution in [2.45, 2.75) is 19.0 Å². The highest BCUT2D eigenvalue weighted by atomic mass is 15.1. The van der Waals surface area contributed by atoms with Crippen molar-refractivity contribution in [1.29, 1.82) is 0 Å². The molecule has 1 aliphatic heterocycles. The minimum atomic E-state index is 0.0568. The smallest absolute Gasteiger partial charge is 0.103 e. The minimum absolute atomic E-state index is 0.0568. The molecule has 7 aromatic rings. The van der Waals surface area contributed by atoms with Crippen LogP contribution in [0.1, 0.15) is 35.0 Å². The van der Waals surface area contributed by atoms with Gasteiger partial charge in [-0.05, 0) is 84.1 Å². The highest BCUT2D eigenvalue weighted by molar-refractivity contribution is 6.10. The highest BCUT2D eigenvalue weighted by Gasteiger charge is 2.21. The summed E-state index contributed by atoms with van der Waals surface area (Å²) in [6.45, 7) is 0.828. The lowest BCUT2D eigenvalue weighted by Crippen LogP contribution is -2.37. The SMILES string of the molecule is C1=Cc2c(c3ccccc3n2-c2ccc3c(c2)c2ccccc2n3-c2ccc(C3NCC=C(c4ccccc4)N3)cc2)CC1. The highest BCUT2D eigenvalue weighted by Crippen LogP contribution is 2.37. The fourth-order valence-electron chi connectivity index (χ4n) is 7.22. The topological polar surface area (TPSA) is 33.9 Å². The van der Waals surface area contributed by atoms with E-state index in [0.717, 1.165) is 25.1 Å². The number of fused-ring (bicyclic) bond motifs is 6. The zero-order valence-electron chi connectivity index (χ0n) is 24.4. The van der Waals surface area contributed by atoms with Gasteiger partial charge in [0.1, 0.15) is 6.17 Å². The third kappa shape index (κ3) is 3.95. The molecule has 3 heterocycles. The van der Waals surface area contributed by atoms with E-state index < -0.39 is 0 Å². The first kappa shape index (κ1) is 25.2. The molecular formula is C40H32N4. The fraction of sp³-hybridized carbons (Fsp3) is 0.100. The number of hydrogen-bond acceptors (Lipinski definition) is 2. The molecule has 0 amide bonds. The summed E-state index contributed by atoms with van der Waals surface area (Å²) in [4.78, 5) is 0. The van der Waals surface area contributed by atoms with Crippen LogP contribution in [0.15, 0.2) is 133 Å². The Morgan fingerprint density at radius 3 is 2.16 bits per heavy atom. The molecule has 44 heavy (non-hydrogen) atoms. The van der Waals surface area contributed by atoms with Gasteiger partial charge in [-0.15, -0.1) is 0 Å². The van der Waals surface area contributed by atoms with Crippen LogP contribution in [0.25, 0.3) is 55.9 Å². The number of nitrogens with zero attached hydrogens (tertiary/aromatic N) is 2. The molecule has 212 valence electrons. The summed E-state index contributed by atoms with van der Waals surface area (Å²) < 4.78 is 4.85. The van der Waals surface area contributed by atoms with Crippen LogP contribution >= 0.6 is 0 Å². The van der Waals surface area contributed by atoms with Gasteiger partial charge in [-0.3, -0.25) is 5.32 Å². The molecule has 2 N–H and O–H groups in total. The monoisotopic (exact) mass is 568 g/mol. The van der Waals surface area contributed by atoms with Crippen LogP contribution in [-0.2, 0) is 6.42 Å². The molecule has 0 fully saturated rings. The number of nitrogens with one attached hydrogen (secondary N) is 2. The number of para-hydroxylation sites is 2. The second kappa shape index (κ2) is 10.1. The zero-order valence-corrected chi connectivity index (χ0v) is 24.4. The van der Waals surface area contributed by atoms with Crippen LogP contribution in [-0.4, -0.2) is 15.7 Å². The van der Waals surface area contributed by atoms with Gasteiger partial charge in [0.2, 0.25) is 0 Å². The molecule has 9 rings (SSSR count). The van der Waals surface area contributed by atoms with Gasteiger partial charge in [-0.25, -0.2) is 0 Å². The van der Waals surface area contributed by atoms with Crippen molar-refractivity contribution in [2.24, 2.45) is 0 Å². The maximum atomic E-state index is 3.69. The predicted molar refractivity (Wildman–Crippen MR) is 183 cm³/mol. The lowest BCUT2D eigenvalue weighted by Gasteiger charge is -2.27. The second-order valence-electron chi connectivity index (χ2n) is 11.8. The van der Waals surface area contributed by atoms with E-state index in [2.05, 4.69) is 159 Å². The molecule has 1 aliphatic carbocycles. The first-order valence-electron chi connectivity index (χ1n) is 15.5. The van der Waals surface area contributed by atoms with E-state index in [-0.39, 0.29) is 6.17 Å². The number of aryl methyl sites for hydroxylation is 1. The quantitative estimate of drug-likeness (QED) is 0.222. The van der Waals surface area contributed by atoms with E-state index in [9.17, 15) is 0 Å². The molecular weight excluding hydrogens is 536 g/mol. The van der Waals surface area contributed by atoms with Crippen LogP contribution in [0, 0.1) is 0 Å². The Bertz CT molecular complexity index is 2250. The summed E-state index contributed by atoms with van der Waals surface area (Å²) >= 11 is 0. The maximum Gasteiger partial charge on any atom is 0.103 e. The van der Waals surface area contributed by atoms with Crippen LogP contribution < -0.4 is 10.6 Å². The van der Waals surface area contributed by atoms with Crippen LogP contribution in [0.2, 0.25) is 0 Å². The molecule has 0 spiro atoms. The van der Waals surface area contributed by atoms with Gasteiger partial charge in [0, 0.05) is 45.5 Å². The molecule has 0 saturated heterocycles. The normalized spacial score (nSPS) is 16.3. The summed E-state index contributed by atoms with van der Waals surface area (Å²) in [6.07, 6.45) is 9.08. The summed E-state index contributed by atoms with van der Waals surface area (Å²) in [5, 5.41) is 11.2.